The van der Waals surface area contributed by atoms with Crippen molar-refractivity contribution in [3.63, 3.8) is 0 Å². The zero-order valence-electron chi connectivity index (χ0n) is 22.5. The zero-order valence-corrected chi connectivity index (χ0v) is 22.5. The lowest BCUT2D eigenvalue weighted by molar-refractivity contribution is -0.123. The van der Waals surface area contributed by atoms with Gasteiger partial charge in [0.1, 0.15) is 37.0 Å². The van der Waals surface area contributed by atoms with E-state index in [1.54, 1.807) is 12.4 Å². The van der Waals surface area contributed by atoms with Gasteiger partial charge in [-0.05, 0) is 48.4 Å². The quantitative estimate of drug-likeness (QED) is 0.151. The molecule has 0 aliphatic rings. The molecular weight excluding hydrogens is 564 g/mol. The summed E-state index contributed by atoms with van der Waals surface area (Å²) in [5.41, 5.74) is 2.09. The molecule has 0 atom stereocenters. The number of aromatic nitrogens is 4. The topological polar surface area (TPSA) is 132 Å². The van der Waals surface area contributed by atoms with Crippen LogP contribution in [0.1, 0.15) is 26.4 Å². The van der Waals surface area contributed by atoms with Crippen LogP contribution in [0, 0.1) is 0 Å². The number of rotatable bonds is 14. The monoisotopic (exact) mass is 592 g/mol. The first-order valence-corrected chi connectivity index (χ1v) is 12.8. The van der Waals surface area contributed by atoms with E-state index >= 15 is 0 Å². The average molecular weight is 593 g/mol. The minimum Gasteiger partial charge on any atom is -0.497 e. The number of hydrogen-bond donors (Lipinski definition) is 3. The Morgan fingerprint density at radius 2 is 1.88 bits per heavy atom. The van der Waals surface area contributed by atoms with Crippen LogP contribution in [-0.4, -0.2) is 84.7 Å². The van der Waals surface area contributed by atoms with E-state index in [0.717, 1.165) is 22.2 Å². The Morgan fingerprint density at radius 3 is 2.64 bits per heavy atom. The number of ether oxygens (including phenoxy) is 3. The summed E-state index contributed by atoms with van der Waals surface area (Å²) in [6, 6.07) is 9.57. The van der Waals surface area contributed by atoms with Crippen LogP contribution < -0.4 is 20.1 Å². The first kappa shape index (κ1) is 30.3. The molecule has 0 fully saturated rings. The molecule has 0 aliphatic carbocycles. The van der Waals surface area contributed by atoms with Gasteiger partial charge >= 0.3 is 6.18 Å². The van der Waals surface area contributed by atoms with E-state index in [1.165, 1.54) is 29.1 Å². The van der Waals surface area contributed by atoms with E-state index < -0.39 is 31.2 Å². The molecule has 11 nitrogen and oxygen atoms in total. The van der Waals surface area contributed by atoms with Gasteiger partial charge in [-0.15, -0.1) is 5.10 Å². The van der Waals surface area contributed by atoms with Crippen molar-refractivity contribution in [3.8, 4) is 17.2 Å². The maximum atomic E-state index is 12.8. The highest BCUT2D eigenvalue weighted by molar-refractivity contribution is 5.95. The molecule has 0 unspecified atom stereocenters. The lowest BCUT2D eigenvalue weighted by atomic mass is 10.1. The van der Waals surface area contributed by atoms with Crippen LogP contribution >= 0.6 is 0 Å². The largest absolute Gasteiger partial charge is 0.497 e. The van der Waals surface area contributed by atoms with Gasteiger partial charge in [-0.25, -0.2) is 9.07 Å². The summed E-state index contributed by atoms with van der Waals surface area (Å²) >= 11 is 0. The lowest BCUT2D eigenvalue weighted by Crippen LogP contribution is -2.33. The first-order valence-electron chi connectivity index (χ1n) is 12.8. The number of halogens is 4. The summed E-state index contributed by atoms with van der Waals surface area (Å²) in [4.78, 5) is 28.2. The summed E-state index contributed by atoms with van der Waals surface area (Å²) < 4.78 is 67.1. The number of carbonyl (C=O) groups is 2. The van der Waals surface area contributed by atoms with E-state index in [1.807, 2.05) is 24.4 Å². The fraction of sp³-hybridized carbons (Fsp3) is 0.333. The lowest BCUT2D eigenvalue weighted by Gasteiger charge is -2.14. The van der Waals surface area contributed by atoms with Crippen molar-refractivity contribution in [2.45, 2.75) is 12.6 Å². The Morgan fingerprint density at radius 1 is 1.05 bits per heavy atom. The predicted molar refractivity (Wildman–Crippen MR) is 143 cm³/mol. The second-order valence-corrected chi connectivity index (χ2v) is 8.91. The molecule has 0 saturated carbocycles. The number of H-pyrrole nitrogens is 1. The average Bonchev–Trinajstić information content (AvgIpc) is 3.63. The van der Waals surface area contributed by atoms with E-state index in [4.69, 9.17) is 14.2 Å². The van der Waals surface area contributed by atoms with Crippen molar-refractivity contribution < 1.29 is 41.4 Å². The normalized spacial score (nSPS) is 11.5. The Kier molecular flexibility index (Phi) is 9.96. The fourth-order valence-electron chi connectivity index (χ4n) is 3.99. The van der Waals surface area contributed by atoms with Crippen molar-refractivity contribution in [1.29, 1.82) is 0 Å². The first-order chi connectivity index (χ1) is 20.2. The molecule has 2 heterocycles. The van der Waals surface area contributed by atoms with Gasteiger partial charge in [-0.1, -0.05) is 5.21 Å². The van der Waals surface area contributed by atoms with Gasteiger partial charge in [0.25, 0.3) is 11.8 Å². The van der Waals surface area contributed by atoms with Crippen LogP contribution in [-0.2, 0) is 11.2 Å². The molecule has 2 aromatic carbocycles. The molecule has 0 spiro atoms. The van der Waals surface area contributed by atoms with Gasteiger partial charge in [-0.3, -0.25) is 9.59 Å². The maximum absolute atomic E-state index is 12.8. The Bertz CT molecular complexity index is 1520. The van der Waals surface area contributed by atoms with Crippen molar-refractivity contribution in [2.24, 2.45) is 0 Å². The summed E-state index contributed by atoms with van der Waals surface area (Å²) in [7, 11) is 1.59. The molecular formula is C27H28F4N6O5. The van der Waals surface area contributed by atoms with Gasteiger partial charge in [0.15, 0.2) is 5.69 Å². The molecule has 0 saturated heterocycles. The minimum absolute atomic E-state index is 0.000165. The number of nitrogens with zero attached hydrogens (tertiary/aromatic N) is 3. The van der Waals surface area contributed by atoms with Crippen LogP contribution in [0.25, 0.3) is 16.6 Å². The number of alkyl halides is 4. The third-order valence-electron chi connectivity index (χ3n) is 6.01. The molecule has 224 valence electrons. The standard InChI is InChI=1S/C27H28F4N6O5/c1-40-19-3-4-21-20(13-19)18(14-33-21)6-8-32-26(39)22-15-37(36-35-22)23-5-2-17(25(38)34-16-27(29,30)31)12-24(23)42-11-10-41-9-7-28/h2-5,12-15,33H,6-11,16H2,1H3,(H,32,39)(H,34,38). The molecule has 0 bridgehead atoms. The van der Waals surface area contributed by atoms with Gasteiger partial charge < -0.3 is 29.8 Å². The van der Waals surface area contributed by atoms with Crippen LogP contribution in [0.5, 0.6) is 11.5 Å². The van der Waals surface area contributed by atoms with E-state index in [9.17, 15) is 27.2 Å². The molecule has 2 aromatic heterocycles. The Labute approximate surface area is 237 Å². The molecule has 3 N–H and O–H groups in total. The fourth-order valence-corrected chi connectivity index (χ4v) is 3.99. The number of amides is 2. The second-order valence-electron chi connectivity index (χ2n) is 8.91. The number of methoxy groups -OCH3 is 1. The van der Waals surface area contributed by atoms with Gasteiger partial charge in [0.2, 0.25) is 0 Å². The molecule has 4 aromatic rings. The van der Waals surface area contributed by atoms with Crippen molar-refractivity contribution in [2.75, 3.05) is 46.7 Å². The van der Waals surface area contributed by atoms with Crippen LogP contribution in [0.2, 0.25) is 0 Å². The van der Waals surface area contributed by atoms with E-state index in [-0.39, 0.29) is 42.5 Å². The van der Waals surface area contributed by atoms with Gasteiger partial charge in [0.05, 0.1) is 26.5 Å². The Balaban J connectivity index is 1.44. The number of nitrogens with one attached hydrogen (secondary N) is 3. The number of hydrogen-bond acceptors (Lipinski definition) is 7. The van der Waals surface area contributed by atoms with E-state index in [0.29, 0.717) is 13.0 Å². The van der Waals surface area contributed by atoms with Crippen LogP contribution in [0.3, 0.4) is 0 Å². The molecule has 0 aliphatic heterocycles. The molecule has 42 heavy (non-hydrogen) atoms. The predicted octanol–water partition coefficient (Wildman–Crippen LogP) is 3.39. The molecule has 4 rings (SSSR count). The highest BCUT2D eigenvalue weighted by Crippen LogP contribution is 2.26. The number of carbonyl (C=O) groups excluding carboxylic acids is 2. The van der Waals surface area contributed by atoms with Crippen molar-refractivity contribution in [3.05, 3.63) is 65.6 Å². The van der Waals surface area contributed by atoms with E-state index in [2.05, 4.69) is 20.6 Å². The van der Waals surface area contributed by atoms with Gasteiger partial charge in [0, 0.05) is 29.2 Å². The van der Waals surface area contributed by atoms with Crippen LogP contribution in [0.4, 0.5) is 17.6 Å². The number of aromatic amines is 1. The summed E-state index contributed by atoms with van der Waals surface area (Å²) in [5.74, 6) is -0.673. The smallest absolute Gasteiger partial charge is 0.405 e. The third-order valence-corrected chi connectivity index (χ3v) is 6.01. The SMILES string of the molecule is COc1ccc2[nH]cc(CCNC(=O)c3cn(-c4ccc(C(=O)NCC(F)(F)F)cc4OCCOCCF)nn3)c2c1. The molecule has 0 radical (unpaired) electrons. The summed E-state index contributed by atoms with van der Waals surface area (Å²) in [6.07, 6.45) is -0.836. The third kappa shape index (κ3) is 7.96. The molecule has 15 heteroatoms. The minimum atomic E-state index is -4.58. The zero-order chi connectivity index (χ0) is 30.1. The van der Waals surface area contributed by atoms with Crippen molar-refractivity contribution in [1.82, 2.24) is 30.6 Å². The van der Waals surface area contributed by atoms with Crippen molar-refractivity contribution >= 4 is 22.7 Å². The van der Waals surface area contributed by atoms with Gasteiger partial charge in [-0.2, -0.15) is 13.2 Å². The molecule has 2 amide bonds. The Hall–Kier alpha value is -4.66. The second kappa shape index (κ2) is 13.8. The summed E-state index contributed by atoms with van der Waals surface area (Å²) in [6.45, 7) is -2.04. The summed E-state index contributed by atoms with van der Waals surface area (Å²) in [5, 5.41) is 13.4. The highest BCUT2D eigenvalue weighted by atomic mass is 19.4. The maximum Gasteiger partial charge on any atom is 0.405 e. The number of benzene rings is 2. The van der Waals surface area contributed by atoms with Crippen LogP contribution in [0.15, 0.2) is 48.8 Å². The number of fused-ring (bicyclic) bond motifs is 1. The highest BCUT2D eigenvalue weighted by Gasteiger charge is 2.28.